The van der Waals surface area contributed by atoms with Gasteiger partial charge in [0.05, 0.1) is 39.6 Å². The smallest absolute Gasteiger partial charge is 0.251 e. The number of thioether (sulfide) groups is 2. The van der Waals surface area contributed by atoms with Gasteiger partial charge in [-0.2, -0.15) is 25.3 Å². The van der Waals surface area contributed by atoms with Crippen LogP contribution in [0.25, 0.3) is 0 Å². The molecule has 18 nitrogen and oxygen atoms in total. The number of amides is 6. The van der Waals surface area contributed by atoms with Gasteiger partial charge in [-0.05, 0) is 91.8 Å². The molecule has 5 aliphatic heterocycles. The van der Waals surface area contributed by atoms with Crippen LogP contribution >= 0.6 is 48.8 Å². The number of thiol groups is 2. The van der Waals surface area contributed by atoms with E-state index in [1.807, 2.05) is 27.7 Å². The van der Waals surface area contributed by atoms with Gasteiger partial charge >= 0.3 is 0 Å². The SMILES string of the molecule is C.C1COCCN1.CC(C)(S)C(NC(=O)c1cccc(C(=O)NC(C(=O)N2CCOCC2)C(C)(C)S)c1)C(=O)N1CCOCC1.CC1(C)SC(=O)C1NC(=O)c1cccc(C(=O)NC2C(=O)SC2(C)C)c1. The molecule has 5 fully saturated rings. The molecular formula is C49H71N7O11S4. The summed E-state index contributed by atoms with van der Waals surface area (Å²) < 4.78 is 13.3. The molecule has 2 aromatic carbocycles. The Kier molecular flexibility index (Phi) is 21.5. The van der Waals surface area contributed by atoms with Crippen molar-refractivity contribution < 1.29 is 52.6 Å². The third-order valence-corrected chi connectivity index (χ3v) is 14.8. The Hall–Kier alpha value is -4.16. The fraction of sp³-hybridized carbons (Fsp3) is 0.592. The molecule has 5 aliphatic rings. The quantitative estimate of drug-likeness (QED) is 0.152. The molecule has 0 aliphatic carbocycles. The van der Waals surface area contributed by atoms with Gasteiger partial charge in [-0.1, -0.05) is 43.1 Å². The lowest BCUT2D eigenvalue weighted by Gasteiger charge is -2.41. The third-order valence-electron chi connectivity index (χ3n) is 11.9. The predicted octanol–water partition coefficient (Wildman–Crippen LogP) is 3.25. The zero-order chi connectivity index (χ0) is 51.6. The summed E-state index contributed by atoms with van der Waals surface area (Å²) in [6.45, 7) is 22.0. The molecule has 0 saturated carbocycles. The predicted molar refractivity (Wildman–Crippen MR) is 283 cm³/mol. The lowest BCUT2D eigenvalue weighted by molar-refractivity contribution is -0.138. The fourth-order valence-electron chi connectivity index (χ4n) is 7.66. The maximum atomic E-state index is 13.2. The van der Waals surface area contributed by atoms with Crippen molar-refractivity contribution in [3.63, 3.8) is 0 Å². The van der Waals surface area contributed by atoms with Crippen molar-refractivity contribution in [3.8, 4) is 0 Å². The monoisotopic (exact) mass is 1060 g/mol. The first-order valence-corrected chi connectivity index (χ1v) is 25.7. The Labute approximate surface area is 436 Å². The number of ether oxygens (including phenoxy) is 3. The average molecular weight is 1060 g/mol. The molecule has 4 unspecified atom stereocenters. The van der Waals surface area contributed by atoms with Crippen LogP contribution in [0.1, 0.15) is 104 Å². The number of carbonyl (C=O) groups is 8. The van der Waals surface area contributed by atoms with Crippen LogP contribution < -0.4 is 26.6 Å². The molecule has 5 N–H and O–H groups in total. The molecular weight excluding hydrogens is 991 g/mol. The molecule has 0 radical (unpaired) electrons. The van der Waals surface area contributed by atoms with Gasteiger partial charge < -0.3 is 50.6 Å². The van der Waals surface area contributed by atoms with Crippen LogP contribution in [0.5, 0.6) is 0 Å². The molecule has 2 aromatic rings. The largest absolute Gasteiger partial charge is 0.379 e. The van der Waals surface area contributed by atoms with Crippen molar-refractivity contribution in [2.75, 3.05) is 78.9 Å². The zero-order valence-corrected chi connectivity index (χ0v) is 44.4. The number of hydrogen-bond acceptors (Lipinski definition) is 16. The standard InChI is InChI=1S/C26H38N4O6S2.C18H20N2O4S2.C4H9NO.CH4/c1-25(2,37)19(23(33)29-8-12-35-13-9-29)27-21(31)17-6-5-7-18(16-17)22(32)28-20(26(3,4)38)24(34)30-10-14-36-15-11-30;1-17(2)11(15(23)25-17)19-13(21)9-6-5-7-10(8-9)14(22)20-12-16(24)26-18(12,3)4;1-3-6-4-2-5-1;/h5-7,16,19-20,37-38H,8-15H2,1-4H3,(H,27,31)(H,28,32);5-8,11-12H,1-4H3,(H,19,21)(H,20,22);5H,1-4H2;1H4. The second-order valence-corrected chi connectivity index (χ2v) is 25.0. The third kappa shape index (κ3) is 16.4. The first-order valence-electron chi connectivity index (χ1n) is 23.2. The topological polar surface area (TPSA) is 231 Å². The van der Waals surface area contributed by atoms with E-state index in [1.165, 1.54) is 35.7 Å². The Bertz CT molecular complexity index is 2100. The van der Waals surface area contributed by atoms with Crippen molar-refractivity contribution in [2.45, 2.75) is 106 Å². The van der Waals surface area contributed by atoms with E-state index >= 15 is 0 Å². The summed E-state index contributed by atoms with van der Waals surface area (Å²) in [4.78, 5) is 104. The number of nitrogens with one attached hydrogen (secondary N) is 5. The van der Waals surface area contributed by atoms with Crippen LogP contribution in [-0.4, -0.2) is 178 Å². The van der Waals surface area contributed by atoms with Crippen LogP contribution in [0, 0.1) is 0 Å². The molecule has 4 atom stereocenters. The molecule has 0 aromatic heterocycles. The molecule has 71 heavy (non-hydrogen) atoms. The van der Waals surface area contributed by atoms with Gasteiger partial charge in [0.25, 0.3) is 23.6 Å². The van der Waals surface area contributed by atoms with Crippen LogP contribution in [0.15, 0.2) is 48.5 Å². The van der Waals surface area contributed by atoms with Crippen LogP contribution in [0.4, 0.5) is 0 Å². The van der Waals surface area contributed by atoms with Crippen LogP contribution in [0.2, 0.25) is 0 Å². The summed E-state index contributed by atoms with van der Waals surface area (Å²) in [5.74, 6) is -2.30. The Balaban J connectivity index is 0.000000285. The summed E-state index contributed by atoms with van der Waals surface area (Å²) in [6.07, 6.45) is 0. The van der Waals surface area contributed by atoms with Gasteiger partial charge in [0.1, 0.15) is 24.2 Å². The number of morpholine rings is 3. The number of carbonyl (C=O) groups excluding carboxylic acids is 8. The minimum absolute atomic E-state index is 0. The zero-order valence-electron chi connectivity index (χ0n) is 41.0. The first kappa shape index (κ1) is 59.4. The first-order chi connectivity index (χ1) is 32.8. The van der Waals surface area contributed by atoms with Crippen LogP contribution in [-0.2, 0) is 33.4 Å². The van der Waals surface area contributed by atoms with E-state index in [1.54, 1.807) is 73.9 Å². The lowest BCUT2D eigenvalue weighted by atomic mass is 9.99. The van der Waals surface area contributed by atoms with Crippen molar-refractivity contribution in [3.05, 3.63) is 70.8 Å². The molecule has 22 heteroatoms. The molecule has 5 heterocycles. The van der Waals surface area contributed by atoms with E-state index in [9.17, 15) is 38.4 Å². The van der Waals surface area contributed by atoms with Gasteiger partial charge in [-0.15, -0.1) is 0 Å². The van der Waals surface area contributed by atoms with E-state index in [4.69, 9.17) is 14.2 Å². The van der Waals surface area contributed by atoms with Gasteiger partial charge in [0, 0.05) is 80.5 Å². The van der Waals surface area contributed by atoms with Gasteiger partial charge in [0.15, 0.2) is 0 Å². The molecule has 5 saturated heterocycles. The van der Waals surface area contributed by atoms with E-state index < -0.39 is 57.3 Å². The van der Waals surface area contributed by atoms with Crippen LogP contribution in [0.3, 0.4) is 0 Å². The number of benzene rings is 2. The highest BCUT2D eigenvalue weighted by molar-refractivity contribution is 8.17. The summed E-state index contributed by atoms with van der Waals surface area (Å²) in [5, 5.41) is 14.1. The van der Waals surface area contributed by atoms with E-state index in [0.717, 1.165) is 26.3 Å². The minimum Gasteiger partial charge on any atom is -0.379 e. The second-order valence-electron chi connectivity index (χ2n) is 19.4. The molecule has 392 valence electrons. The molecule has 0 bridgehead atoms. The average Bonchev–Trinajstić information content (AvgIpc) is 3.33. The number of hydrogen-bond donors (Lipinski definition) is 7. The normalized spacial score (nSPS) is 21.3. The summed E-state index contributed by atoms with van der Waals surface area (Å²) in [7, 11) is 0. The Morgan fingerprint density at radius 2 is 0.901 bits per heavy atom. The van der Waals surface area contributed by atoms with E-state index in [-0.39, 0.29) is 50.1 Å². The number of nitrogens with zero attached hydrogens (tertiary/aromatic N) is 2. The minimum atomic E-state index is -0.894. The van der Waals surface area contributed by atoms with Gasteiger partial charge in [-0.25, -0.2) is 0 Å². The highest BCUT2D eigenvalue weighted by atomic mass is 32.2. The lowest BCUT2D eigenvalue weighted by Crippen LogP contribution is -2.60. The van der Waals surface area contributed by atoms with Crippen molar-refractivity contribution in [1.29, 1.82) is 0 Å². The molecule has 0 spiro atoms. The molecule has 6 amide bonds. The van der Waals surface area contributed by atoms with Gasteiger partial charge in [0.2, 0.25) is 22.0 Å². The van der Waals surface area contributed by atoms with Gasteiger partial charge in [-0.3, -0.25) is 38.4 Å². The summed E-state index contributed by atoms with van der Waals surface area (Å²) in [6, 6.07) is 9.53. The summed E-state index contributed by atoms with van der Waals surface area (Å²) >= 11 is 11.5. The van der Waals surface area contributed by atoms with Crippen molar-refractivity contribution in [1.82, 2.24) is 36.4 Å². The van der Waals surface area contributed by atoms with Crippen molar-refractivity contribution >= 4 is 94.5 Å². The Morgan fingerprint density at radius 1 is 0.592 bits per heavy atom. The van der Waals surface area contributed by atoms with Crippen molar-refractivity contribution in [2.24, 2.45) is 0 Å². The Morgan fingerprint density at radius 3 is 1.15 bits per heavy atom. The highest BCUT2D eigenvalue weighted by Gasteiger charge is 2.50. The molecule has 7 rings (SSSR count). The van der Waals surface area contributed by atoms with E-state index in [0.29, 0.717) is 63.7 Å². The second kappa shape index (κ2) is 25.7. The summed E-state index contributed by atoms with van der Waals surface area (Å²) in [5.41, 5.74) is 1.01. The highest BCUT2D eigenvalue weighted by Crippen LogP contribution is 2.42. The fourth-order valence-corrected chi connectivity index (χ4v) is 10.2. The maximum absolute atomic E-state index is 13.2. The maximum Gasteiger partial charge on any atom is 0.251 e. The van der Waals surface area contributed by atoms with E-state index in [2.05, 4.69) is 51.8 Å². The number of rotatable bonds is 12.